The average Bonchev–Trinajstić information content (AvgIpc) is 2.31. The summed E-state index contributed by atoms with van der Waals surface area (Å²) in [5.74, 6) is 0.0647. The number of hydrogen-bond acceptors (Lipinski definition) is 4. The fourth-order valence-corrected chi connectivity index (χ4v) is 3.50. The van der Waals surface area contributed by atoms with Gasteiger partial charge >= 0.3 is 0 Å². The average molecular weight is 274 g/mol. The Labute approximate surface area is 109 Å². The molecule has 5 heteroatoms. The number of unbranched alkanes of at least 4 members (excludes halogenated alkanes) is 1. The lowest BCUT2D eigenvalue weighted by Gasteiger charge is -2.21. The van der Waals surface area contributed by atoms with Gasteiger partial charge < -0.3 is 4.52 Å². The molecule has 2 atom stereocenters. The second-order valence-corrected chi connectivity index (χ2v) is 7.85. The topological polar surface area (TPSA) is 60.4 Å². The Hall–Kier alpha value is -0.470. The van der Waals surface area contributed by atoms with Crippen LogP contribution in [-0.2, 0) is 18.7 Å². The molecule has 1 saturated carbocycles. The normalized spacial score (nSPS) is 24.0. The van der Waals surface area contributed by atoms with Crippen LogP contribution >= 0.6 is 7.37 Å². The van der Waals surface area contributed by atoms with Gasteiger partial charge in [0, 0.05) is 38.0 Å². The molecule has 1 aliphatic rings. The Morgan fingerprint density at radius 3 is 2.72 bits per heavy atom. The predicted molar refractivity (Wildman–Crippen MR) is 71.2 cm³/mol. The van der Waals surface area contributed by atoms with Crippen molar-refractivity contribution in [3.8, 4) is 0 Å². The number of hydrogen-bond donors (Lipinski definition) is 0. The van der Waals surface area contributed by atoms with Gasteiger partial charge in [0.15, 0.2) is 7.37 Å². The summed E-state index contributed by atoms with van der Waals surface area (Å²) in [5.41, 5.74) is 0. The number of carbonyl (C=O) groups is 2. The lowest BCUT2D eigenvalue weighted by atomic mass is 9.85. The van der Waals surface area contributed by atoms with E-state index in [1.54, 1.807) is 6.66 Å². The lowest BCUT2D eigenvalue weighted by molar-refractivity contribution is -0.133. The molecule has 0 saturated heterocycles. The molecule has 0 aliphatic heterocycles. The number of rotatable bonds is 7. The predicted octanol–water partition coefficient (Wildman–Crippen LogP) is 3.04. The molecule has 1 aliphatic carbocycles. The van der Waals surface area contributed by atoms with Crippen LogP contribution in [0.4, 0.5) is 0 Å². The van der Waals surface area contributed by atoms with E-state index in [0.29, 0.717) is 38.5 Å². The molecule has 0 aromatic carbocycles. The molecular formula is C13H23O4P. The van der Waals surface area contributed by atoms with E-state index in [4.69, 9.17) is 4.52 Å². The molecule has 0 radical (unpaired) electrons. The van der Waals surface area contributed by atoms with Crippen LogP contribution in [0.15, 0.2) is 0 Å². The van der Waals surface area contributed by atoms with Crippen LogP contribution in [0, 0.1) is 5.92 Å². The summed E-state index contributed by atoms with van der Waals surface area (Å²) < 4.78 is 17.5. The van der Waals surface area contributed by atoms with Crippen molar-refractivity contribution in [2.45, 2.75) is 45.4 Å². The van der Waals surface area contributed by atoms with E-state index in [9.17, 15) is 14.2 Å². The Balaban J connectivity index is 2.36. The standard InChI is InChI=1S/C13H23O4P/c1-3-4-8-17-18(2,16)9-7-11-10-12(14)5-6-13(11)15/h11H,3-10H2,1-2H3/t11?,18-/m1/s1. The number of Topliss-reactive ketones (excluding diaryl/α,β-unsaturated/α-hetero) is 2. The van der Waals surface area contributed by atoms with Crippen LogP contribution in [-0.4, -0.2) is 31.0 Å². The molecule has 0 N–H and O–H groups in total. The van der Waals surface area contributed by atoms with Crippen molar-refractivity contribution in [3.63, 3.8) is 0 Å². The minimum Gasteiger partial charge on any atom is -0.329 e. The monoisotopic (exact) mass is 274 g/mol. The van der Waals surface area contributed by atoms with Crippen LogP contribution in [0.3, 0.4) is 0 Å². The largest absolute Gasteiger partial charge is 0.329 e. The fourth-order valence-electron chi connectivity index (χ4n) is 2.08. The molecule has 0 aromatic heterocycles. The van der Waals surface area contributed by atoms with Crippen molar-refractivity contribution in [2.75, 3.05) is 19.4 Å². The highest BCUT2D eigenvalue weighted by Crippen LogP contribution is 2.44. The zero-order valence-corrected chi connectivity index (χ0v) is 12.2. The van der Waals surface area contributed by atoms with Crippen LogP contribution < -0.4 is 0 Å². The Kier molecular flexibility index (Phi) is 6.24. The Morgan fingerprint density at radius 2 is 2.06 bits per heavy atom. The summed E-state index contributed by atoms with van der Waals surface area (Å²) in [6.07, 6.45) is 3.90. The van der Waals surface area contributed by atoms with Gasteiger partial charge in [-0.25, -0.2) is 0 Å². The van der Waals surface area contributed by atoms with Crippen LogP contribution in [0.2, 0.25) is 0 Å². The second kappa shape index (κ2) is 7.20. The van der Waals surface area contributed by atoms with Crippen molar-refractivity contribution in [2.24, 2.45) is 5.92 Å². The minimum atomic E-state index is -2.60. The maximum atomic E-state index is 12.1. The number of ketones is 2. The highest BCUT2D eigenvalue weighted by atomic mass is 31.2. The Morgan fingerprint density at radius 1 is 1.33 bits per heavy atom. The highest BCUT2D eigenvalue weighted by Gasteiger charge is 2.29. The van der Waals surface area contributed by atoms with E-state index >= 15 is 0 Å². The molecule has 1 rings (SSSR count). The highest BCUT2D eigenvalue weighted by molar-refractivity contribution is 7.58. The zero-order chi connectivity index (χ0) is 13.6. The smallest absolute Gasteiger partial charge is 0.200 e. The van der Waals surface area contributed by atoms with Crippen molar-refractivity contribution in [1.29, 1.82) is 0 Å². The van der Waals surface area contributed by atoms with Crippen molar-refractivity contribution < 1.29 is 18.7 Å². The second-order valence-electron chi connectivity index (χ2n) is 5.12. The third-order valence-electron chi connectivity index (χ3n) is 3.33. The van der Waals surface area contributed by atoms with Crippen LogP contribution in [0.1, 0.15) is 45.4 Å². The van der Waals surface area contributed by atoms with Gasteiger partial charge in [0.05, 0.1) is 6.61 Å². The van der Waals surface area contributed by atoms with Crippen molar-refractivity contribution >= 4 is 18.9 Å². The first-order chi connectivity index (χ1) is 8.44. The van der Waals surface area contributed by atoms with E-state index in [-0.39, 0.29) is 17.5 Å². The summed E-state index contributed by atoms with van der Waals surface area (Å²) in [6, 6.07) is 0. The summed E-state index contributed by atoms with van der Waals surface area (Å²) in [6.45, 7) is 4.19. The molecule has 0 bridgehead atoms. The van der Waals surface area contributed by atoms with Crippen LogP contribution in [0.25, 0.3) is 0 Å². The molecule has 0 amide bonds. The third kappa shape index (κ3) is 5.45. The number of carbonyl (C=O) groups excluding carboxylic acids is 2. The molecule has 0 spiro atoms. The molecule has 4 nitrogen and oxygen atoms in total. The molecule has 1 unspecified atom stereocenters. The van der Waals surface area contributed by atoms with Crippen LogP contribution in [0.5, 0.6) is 0 Å². The lowest BCUT2D eigenvalue weighted by Crippen LogP contribution is -2.25. The van der Waals surface area contributed by atoms with E-state index in [2.05, 4.69) is 6.92 Å². The molecular weight excluding hydrogens is 251 g/mol. The zero-order valence-electron chi connectivity index (χ0n) is 11.3. The van der Waals surface area contributed by atoms with Gasteiger partial charge in [-0.1, -0.05) is 13.3 Å². The van der Waals surface area contributed by atoms with E-state index in [0.717, 1.165) is 12.8 Å². The fraction of sp³-hybridized carbons (Fsp3) is 0.846. The SMILES string of the molecule is CCCCO[P@@](C)(=O)CCC1CC(=O)CCC1=O. The van der Waals surface area contributed by atoms with Gasteiger partial charge in [0.2, 0.25) is 0 Å². The maximum absolute atomic E-state index is 12.1. The quantitative estimate of drug-likeness (QED) is 0.529. The van der Waals surface area contributed by atoms with E-state index in [1.807, 2.05) is 0 Å². The summed E-state index contributed by atoms with van der Waals surface area (Å²) in [7, 11) is -2.60. The van der Waals surface area contributed by atoms with Gasteiger partial charge in [-0.15, -0.1) is 0 Å². The minimum absolute atomic E-state index is 0.142. The van der Waals surface area contributed by atoms with Gasteiger partial charge in [0.1, 0.15) is 11.6 Å². The van der Waals surface area contributed by atoms with E-state index < -0.39 is 7.37 Å². The van der Waals surface area contributed by atoms with Gasteiger partial charge in [-0.05, 0) is 12.8 Å². The molecule has 0 aromatic rings. The third-order valence-corrected chi connectivity index (χ3v) is 5.12. The van der Waals surface area contributed by atoms with Crippen molar-refractivity contribution in [1.82, 2.24) is 0 Å². The van der Waals surface area contributed by atoms with Gasteiger partial charge in [0.25, 0.3) is 0 Å². The first-order valence-electron chi connectivity index (χ1n) is 6.70. The first-order valence-corrected chi connectivity index (χ1v) is 8.96. The summed E-state index contributed by atoms with van der Waals surface area (Å²) in [4.78, 5) is 22.9. The first kappa shape index (κ1) is 15.6. The maximum Gasteiger partial charge on any atom is 0.200 e. The molecule has 104 valence electrons. The van der Waals surface area contributed by atoms with Gasteiger partial charge in [-0.2, -0.15) is 0 Å². The van der Waals surface area contributed by atoms with E-state index in [1.165, 1.54) is 0 Å². The summed E-state index contributed by atoms with van der Waals surface area (Å²) >= 11 is 0. The molecule has 1 fully saturated rings. The van der Waals surface area contributed by atoms with Gasteiger partial charge in [-0.3, -0.25) is 14.2 Å². The van der Waals surface area contributed by atoms with Crippen molar-refractivity contribution in [3.05, 3.63) is 0 Å². The Bertz CT molecular complexity index is 351. The molecule has 18 heavy (non-hydrogen) atoms. The molecule has 0 heterocycles. The summed E-state index contributed by atoms with van der Waals surface area (Å²) in [5, 5.41) is 0.